The molecule has 0 aromatic heterocycles. The Labute approximate surface area is 121 Å². The van der Waals surface area contributed by atoms with Gasteiger partial charge in [0.05, 0.1) is 12.6 Å². The zero-order chi connectivity index (χ0) is 14.7. The number of amides is 1. The molecule has 2 rings (SSSR count). The number of hydrogen-bond donors (Lipinski definition) is 1. The van der Waals surface area contributed by atoms with Crippen LogP contribution in [0.3, 0.4) is 0 Å². The molecule has 1 amide bonds. The summed E-state index contributed by atoms with van der Waals surface area (Å²) in [6.45, 7) is 7.38. The topological polar surface area (TPSA) is 41.6 Å². The molecule has 0 spiro atoms. The first-order valence-electron chi connectivity index (χ1n) is 7.16. The van der Waals surface area contributed by atoms with Crippen molar-refractivity contribution in [3.63, 3.8) is 0 Å². The van der Waals surface area contributed by atoms with Gasteiger partial charge in [0.1, 0.15) is 6.17 Å². The van der Waals surface area contributed by atoms with Gasteiger partial charge in [0.15, 0.2) is 0 Å². The molecule has 1 N–H and O–H groups in total. The Kier molecular flexibility index (Phi) is 4.78. The second-order valence-electron chi connectivity index (χ2n) is 5.73. The van der Waals surface area contributed by atoms with E-state index in [1.165, 1.54) is 5.56 Å². The molecule has 0 saturated carbocycles. The molecule has 110 valence electrons. The van der Waals surface area contributed by atoms with Gasteiger partial charge in [0, 0.05) is 13.7 Å². The van der Waals surface area contributed by atoms with Crippen LogP contribution in [-0.2, 0) is 9.53 Å². The second-order valence-corrected chi connectivity index (χ2v) is 5.73. The van der Waals surface area contributed by atoms with E-state index in [9.17, 15) is 4.79 Å². The molecule has 0 bridgehead atoms. The fourth-order valence-electron chi connectivity index (χ4n) is 2.66. The molecule has 1 saturated heterocycles. The van der Waals surface area contributed by atoms with E-state index in [1.807, 2.05) is 11.0 Å². The molecular formula is C16H24N2O2. The van der Waals surface area contributed by atoms with Crippen LogP contribution in [-0.4, -0.2) is 37.1 Å². The largest absolute Gasteiger partial charge is 0.383 e. The molecule has 1 aromatic carbocycles. The molecule has 1 fully saturated rings. The highest BCUT2D eigenvalue weighted by Gasteiger charge is 2.40. The lowest BCUT2D eigenvalue weighted by atomic mass is 10.0. The summed E-state index contributed by atoms with van der Waals surface area (Å²) in [6.07, 6.45) is -0.0510. The predicted molar refractivity (Wildman–Crippen MR) is 79.3 cm³/mol. The number of ether oxygens (including phenoxy) is 1. The average molecular weight is 276 g/mol. The van der Waals surface area contributed by atoms with Crippen molar-refractivity contribution < 1.29 is 9.53 Å². The highest BCUT2D eigenvalue weighted by atomic mass is 16.5. The number of methoxy groups -OCH3 is 1. The van der Waals surface area contributed by atoms with Crippen molar-refractivity contribution in [2.45, 2.75) is 33.0 Å². The molecule has 4 heteroatoms. The molecule has 2 unspecified atom stereocenters. The van der Waals surface area contributed by atoms with Gasteiger partial charge in [-0.1, -0.05) is 43.7 Å². The lowest BCUT2D eigenvalue weighted by Gasteiger charge is -2.24. The van der Waals surface area contributed by atoms with Gasteiger partial charge in [-0.3, -0.25) is 10.1 Å². The maximum Gasteiger partial charge on any atom is 0.241 e. The maximum atomic E-state index is 12.5. The van der Waals surface area contributed by atoms with E-state index in [-0.39, 0.29) is 24.0 Å². The van der Waals surface area contributed by atoms with E-state index < -0.39 is 0 Å². The minimum absolute atomic E-state index is 0.0510. The van der Waals surface area contributed by atoms with Crippen LogP contribution in [0, 0.1) is 12.8 Å². The first-order valence-corrected chi connectivity index (χ1v) is 7.16. The van der Waals surface area contributed by atoms with Gasteiger partial charge in [-0.15, -0.1) is 0 Å². The Morgan fingerprint density at radius 1 is 1.40 bits per heavy atom. The number of nitrogens with one attached hydrogen (secondary N) is 1. The van der Waals surface area contributed by atoms with Crippen molar-refractivity contribution in [2.24, 2.45) is 5.92 Å². The predicted octanol–water partition coefficient (Wildman–Crippen LogP) is 2.10. The van der Waals surface area contributed by atoms with Crippen molar-refractivity contribution in [1.29, 1.82) is 0 Å². The van der Waals surface area contributed by atoms with E-state index in [4.69, 9.17) is 4.74 Å². The quantitative estimate of drug-likeness (QED) is 0.895. The van der Waals surface area contributed by atoms with E-state index in [0.29, 0.717) is 13.2 Å². The summed E-state index contributed by atoms with van der Waals surface area (Å²) in [6, 6.07) is 8.19. The van der Waals surface area contributed by atoms with Crippen LogP contribution in [0.2, 0.25) is 0 Å². The zero-order valence-electron chi connectivity index (χ0n) is 12.7. The number of carbonyl (C=O) groups excluding carboxylic acids is 1. The standard InChI is InChI=1S/C16H24N2O2/c1-11(2)14-16(19)18(8-9-20-4)15(17-14)13-7-5-6-12(3)10-13/h5-7,10-11,14-15,17H,8-9H2,1-4H3. The summed E-state index contributed by atoms with van der Waals surface area (Å²) < 4.78 is 5.13. The van der Waals surface area contributed by atoms with E-state index in [2.05, 4.69) is 44.3 Å². The third-order valence-corrected chi connectivity index (χ3v) is 3.76. The molecule has 0 radical (unpaired) electrons. The molecule has 1 heterocycles. The lowest BCUT2D eigenvalue weighted by Crippen LogP contribution is -2.35. The van der Waals surface area contributed by atoms with Crippen LogP contribution >= 0.6 is 0 Å². The Hall–Kier alpha value is -1.39. The number of hydrogen-bond acceptors (Lipinski definition) is 3. The third kappa shape index (κ3) is 3.02. The van der Waals surface area contributed by atoms with Crippen LogP contribution in [0.4, 0.5) is 0 Å². The summed E-state index contributed by atoms with van der Waals surface area (Å²) in [7, 11) is 1.66. The third-order valence-electron chi connectivity index (χ3n) is 3.76. The Balaban J connectivity index is 2.26. The van der Waals surface area contributed by atoms with Gasteiger partial charge < -0.3 is 9.64 Å². The average Bonchev–Trinajstić information content (AvgIpc) is 2.74. The number of benzene rings is 1. The maximum absolute atomic E-state index is 12.5. The van der Waals surface area contributed by atoms with Gasteiger partial charge in [-0.2, -0.15) is 0 Å². The number of rotatable bonds is 5. The minimum atomic E-state index is -0.114. The normalized spacial score (nSPS) is 22.9. The second kappa shape index (κ2) is 6.37. The van der Waals surface area contributed by atoms with Gasteiger partial charge in [-0.25, -0.2) is 0 Å². The molecule has 1 aromatic rings. The Morgan fingerprint density at radius 3 is 2.75 bits per heavy atom. The molecular weight excluding hydrogens is 252 g/mol. The lowest BCUT2D eigenvalue weighted by molar-refractivity contribution is -0.131. The van der Waals surface area contributed by atoms with Gasteiger partial charge >= 0.3 is 0 Å². The van der Waals surface area contributed by atoms with Crippen molar-refractivity contribution in [1.82, 2.24) is 10.2 Å². The van der Waals surface area contributed by atoms with Gasteiger partial charge in [0.25, 0.3) is 0 Å². The summed E-state index contributed by atoms with van der Waals surface area (Å²) in [4.78, 5) is 14.4. The van der Waals surface area contributed by atoms with E-state index in [0.717, 1.165) is 5.56 Å². The monoisotopic (exact) mass is 276 g/mol. The summed E-state index contributed by atoms with van der Waals surface area (Å²) in [5, 5.41) is 3.46. The molecule has 4 nitrogen and oxygen atoms in total. The SMILES string of the molecule is COCCN1C(=O)C(C(C)C)NC1c1cccc(C)c1. The molecule has 2 atom stereocenters. The first-order chi connectivity index (χ1) is 9.54. The Bertz CT molecular complexity index is 473. The van der Waals surface area contributed by atoms with E-state index in [1.54, 1.807) is 7.11 Å². The highest BCUT2D eigenvalue weighted by molar-refractivity contribution is 5.84. The number of carbonyl (C=O) groups is 1. The van der Waals surface area contributed by atoms with Crippen LogP contribution in [0.15, 0.2) is 24.3 Å². The van der Waals surface area contributed by atoms with Crippen LogP contribution < -0.4 is 5.32 Å². The molecule has 0 aliphatic carbocycles. The van der Waals surface area contributed by atoms with Crippen molar-refractivity contribution >= 4 is 5.91 Å². The first kappa shape index (κ1) is 15.0. The smallest absolute Gasteiger partial charge is 0.241 e. The zero-order valence-corrected chi connectivity index (χ0v) is 12.7. The van der Waals surface area contributed by atoms with E-state index >= 15 is 0 Å². The van der Waals surface area contributed by atoms with Crippen LogP contribution in [0.25, 0.3) is 0 Å². The highest BCUT2D eigenvalue weighted by Crippen LogP contribution is 2.28. The fourth-order valence-corrected chi connectivity index (χ4v) is 2.66. The fraction of sp³-hybridized carbons (Fsp3) is 0.562. The minimum Gasteiger partial charge on any atom is -0.383 e. The molecule has 20 heavy (non-hydrogen) atoms. The number of aryl methyl sites for hydroxylation is 1. The van der Waals surface area contributed by atoms with Crippen molar-refractivity contribution in [3.8, 4) is 0 Å². The van der Waals surface area contributed by atoms with Crippen molar-refractivity contribution in [3.05, 3.63) is 35.4 Å². The summed E-state index contributed by atoms with van der Waals surface area (Å²) in [5.74, 6) is 0.450. The van der Waals surface area contributed by atoms with Gasteiger partial charge in [-0.05, 0) is 18.4 Å². The van der Waals surface area contributed by atoms with Gasteiger partial charge in [0.2, 0.25) is 5.91 Å². The Morgan fingerprint density at radius 2 is 2.15 bits per heavy atom. The van der Waals surface area contributed by atoms with Crippen molar-refractivity contribution in [2.75, 3.05) is 20.3 Å². The van der Waals surface area contributed by atoms with Crippen LogP contribution in [0.5, 0.6) is 0 Å². The molecule has 1 aliphatic heterocycles. The number of nitrogens with zero attached hydrogens (tertiary/aromatic N) is 1. The summed E-state index contributed by atoms with van der Waals surface area (Å²) in [5.41, 5.74) is 2.34. The summed E-state index contributed by atoms with van der Waals surface area (Å²) >= 11 is 0. The molecule has 1 aliphatic rings. The van der Waals surface area contributed by atoms with Crippen LogP contribution in [0.1, 0.15) is 31.1 Å².